The molecule has 0 radical (unpaired) electrons. The normalized spacial score (nSPS) is 16.8. The van der Waals surface area contributed by atoms with E-state index in [1.54, 1.807) is 0 Å². The van der Waals surface area contributed by atoms with Gasteiger partial charge in [0.1, 0.15) is 16.8 Å². The molecule has 0 aromatic carbocycles. The summed E-state index contributed by atoms with van der Waals surface area (Å²) in [5.74, 6) is 0.103. The average Bonchev–Trinajstić information content (AvgIpc) is 2.69. The Morgan fingerprint density at radius 1 is 1.12 bits per heavy atom. The molecule has 5 heteroatoms. The highest BCUT2D eigenvalue weighted by atomic mass is 32.2. The Bertz CT molecular complexity index is 272. The van der Waals surface area contributed by atoms with Crippen LogP contribution < -0.4 is 0 Å². The molecule has 16 heavy (non-hydrogen) atoms. The molecule has 1 aliphatic rings. The van der Waals surface area contributed by atoms with E-state index in [0.29, 0.717) is 12.8 Å². The molecule has 0 spiro atoms. The Hall–Kier alpha value is -0.580. The summed E-state index contributed by atoms with van der Waals surface area (Å²) in [5.41, 5.74) is 0. The number of hydrogen-bond acceptors (Lipinski definition) is 4. The smallest absolute Gasteiger partial charge is 0.306 e. The first-order valence-electron chi connectivity index (χ1n) is 6.00. The van der Waals surface area contributed by atoms with Crippen molar-refractivity contribution in [3.8, 4) is 0 Å². The molecule has 0 aliphatic heterocycles. The van der Waals surface area contributed by atoms with E-state index < -0.39 is 10.7 Å². The molecule has 0 aromatic rings. The quantitative estimate of drug-likeness (QED) is 0.423. The number of ether oxygens (including phenoxy) is 1. The first-order chi connectivity index (χ1) is 7.68. The SMILES string of the molecule is O=C(CCCCC[SH](=O)=O)OC1CCCC1. The van der Waals surface area contributed by atoms with Crippen LogP contribution in [0.15, 0.2) is 0 Å². The van der Waals surface area contributed by atoms with E-state index in [0.717, 1.165) is 38.5 Å². The fraction of sp³-hybridized carbons (Fsp3) is 0.909. The first-order valence-corrected chi connectivity index (χ1v) is 7.36. The molecule has 94 valence electrons. The van der Waals surface area contributed by atoms with Crippen LogP contribution in [0.1, 0.15) is 51.4 Å². The lowest BCUT2D eigenvalue weighted by molar-refractivity contribution is -0.148. The molecule has 1 saturated carbocycles. The van der Waals surface area contributed by atoms with E-state index in [1.165, 1.54) is 0 Å². The maximum atomic E-state index is 11.4. The zero-order chi connectivity index (χ0) is 11.8. The largest absolute Gasteiger partial charge is 0.462 e. The Balaban J connectivity index is 1.97. The van der Waals surface area contributed by atoms with Gasteiger partial charge < -0.3 is 4.74 Å². The Kier molecular flexibility index (Phi) is 6.45. The number of carbonyl (C=O) groups excluding carboxylic acids is 1. The van der Waals surface area contributed by atoms with Crippen LogP contribution in [0.2, 0.25) is 0 Å². The summed E-state index contributed by atoms with van der Waals surface area (Å²) in [6, 6.07) is 0. The van der Waals surface area contributed by atoms with Crippen molar-refractivity contribution < 1.29 is 17.9 Å². The van der Waals surface area contributed by atoms with E-state index in [4.69, 9.17) is 4.74 Å². The summed E-state index contributed by atoms with van der Waals surface area (Å²) in [7, 11) is -2.26. The second-order valence-corrected chi connectivity index (χ2v) is 5.38. The maximum absolute atomic E-state index is 11.4. The maximum Gasteiger partial charge on any atom is 0.306 e. The third-order valence-electron chi connectivity index (χ3n) is 2.82. The lowest BCUT2D eigenvalue weighted by Crippen LogP contribution is -2.14. The van der Waals surface area contributed by atoms with Crippen molar-refractivity contribution in [1.29, 1.82) is 0 Å². The molecule has 0 saturated heterocycles. The lowest BCUT2D eigenvalue weighted by Gasteiger charge is -2.10. The fourth-order valence-electron chi connectivity index (χ4n) is 1.94. The van der Waals surface area contributed by atoms with E-state index in [9.17, 15) is 13.2 Å². The van der Waals surface area contributed by atoms with Crippen LogP contribution in [0.3, 0.4) is 0 Å². The highest BCUT2D eigenvalue weighted by Gasteiger charge is 2.18. The van der Waals surface area contributed by atoms with Gasteiger partial charge in [0.05, 0.1) is 0 Å². The van der Waals surface area contributed by atoms with Crippen LogP contribution in [-0.4, -0.2) is 26.2 Å². The van der Waals surface area contributed by atoms with Crippen molar-refractivity contribution in [1.82, 2.24) is 0 Å². The van der Waals surface area contributed by atoms with E-state index >= 15 is 0 Å². The van der Waals surface area contributed by atoms with E-state index in [-0.39, 0.29) is 17.8 Å². The van der Waals surface area contributed by atoms with Gasteiger partial charge in [-0.05, 0) is 38.5 Å². The summed E-state index contributed by atoms with van der Waals surface area (Å²) >= 11 is 0. The van der Waals surface area contributed by atoms with Crippen molar-refractivity contribution in [2.24, 2.45) is 0 Å². The molecule has 0 N–H and O–H groups in total. The molecule has 1 rings (SSSR count). The summed E-state index contributed by atoms with van der Waals surface area (Å²) in [5, 5.41) is 0. The van der Waals surface area contributed by atoms with Gasteiger partial charge in [-0.1, -0.05) is 6.42 Å². The highest BCUT2D eigenvalue weighted by molar-refractivity contribution is 7.72. The number of hydrogen-bond donors (Lipinski definition) is 1. The predicted molar refractivity (Wildman–Crippen MR) is 62.0 cm³/mol. The molecule has 0 atom stereocenters. The second kappa shape index (κ2) is 7.65. The lowest BCUT2D eigenvalue weighted by atomic mass is 10.2. The molecule has 0 bridgehead atoms. The van der Waals surface area contributed by atoms with Gasteiger partial charge in [-0.15, -0.1) is 0 Å². The summed E-state index contributed by atoms with van der Waals surface area (Å²) < 4.78 is 25.8. The van der Waals surface area contributed by atoms with Crippen LogP contribution in [-0.2, 0) is 20.2 Å². The van der Waals surface area contributed by atoms with Crippen molar-refractivity contribution >= 4 is 16.7 Å². The molecular weight excluding hydrogens is 228 g/mol. The molecule has 0 amide bonds. The minimum absolute atomic E-state index is 0.126. The zero-order valence-corrected chi connectivity index (χ0v) is 10.4. The molecule has 1 fully saturated rings. The average molecular weight is 248 g/mol. The first kappa shape index (κ1) is 13.5. The third kappa shape index (κ3) is 6.10. The van der Waals surface area contributed by atoms with Gasteiger partial charge in [-0.2, -0.15) is 0 Å². The van der Waals surface area contributed by atoms with Crippen LogP contribution in [0, 0.1) is 0 Å². The number of esters is 1. The van der Waals surface area contributed by atoms with Gasteiger partial charge >= 0.3 is 5.97 Å². The monoisotopic (exact) mass is 248 g/mol. The van der Waals surface area contributed by atoms with Crippen LogP contribution >= 0.6 is 0 Å². The van der Waals surface area contributed by atoms with Gasteiger partial charge in [0.2, 0.25) is 0 Å². The van der Waals surface area contributed by atoms with Gasteiger partial charge in [0.15, 0.2) is 0 Å². The summed E-state index contributed by atoms with van der Waals surface area (Å²) in [4.78, 5) is 11.4. The van der Waals surface area contributed by atoms with Crippen molar-refractivity contribution in [2.75, 3.05) is 5.75 Å². The Morgan fingerprint density at radius 2 is 1.81 bits per heavy atom. The van der Waals surface area contributed by atoms with Gasteiger partial charge in [-0.3, -0.25) is 4.79 Å². The topological polar surface area (TPSA) is 60.4 Å². The molecule has 0 aromatic heterocycles. The summed E-state index contributed by atoms with van der Waals surface area (Å²) in [6.07, 6.45) is 7.05. The Labute approximate surface area is 98.3 Å². The van der Waals surface area contributed by atoms with Crippen molar-refractivity contribution in [3.63, 3.8) is 0 Å². The van der Waals surface area contributed by atoms with Crippen LogP contribution in [0.4, 0.5) is 0 Å². The molecule has 0 heterocycles. The molecule has 1 aliphatic carbocycles. The zero-order valence-electron chi connectivity index (χ0n) is 9.52. The van der Waals surface area contributed by atoms with Crippen molar-refractivity contribution in [3.05, 3.63) is 0 Å². The molecular formula is C11H20O4S. The summed E-state index contributed by atoms with van der Waals surface area (Å²) in [6.45, 7) is 0. The third-order valence-corrected chi connectivity index (χ3v) is 3.50. The van der Waals surface area contributed by atoms with Gasteiger partial charge in [-0.25, -0.2) is 8.42 Å². The Morgan fingerprint density at radius 3 is 2.44 bits per heavy atom. The van der Waals surface area contributed by atoms with Gasteiger partial charge in [0.25, 0.3) is 0 Å². The number of carbonyl (C=O) groups is 1. The van der Waals surface area contributed by atoms with Crippen LogP contribution in [0.5, 0.6) is 0 Å². The standard InChI is InChI=1S/C11H20O4S/c12-11(15-10-6-3-4-7-10)8-2-1-5-9-16(13)14/h10,16H,1-9H2. The minimum atomic E-state index is -2.26. The predicted octanol–water partition coefficient (Wildman–Crippen LogP) is 1.64. The van der Waals surface area contributed by atoms with Crippen molar-refractivity contribution in [2.45, 2.75) is 57.5 Å². The number of rotatable bonds is 7. The van der Waals surface area contributed by atoms with Gasteiger partial charge in [0, 0.05) is 12.2 Å². The molecule has 4 nitrogen and oxygen atoms in total. The fourth-order valence-corrected chi connectivity index (χ4v) is 2.42. The minimum Gasteiger partial charge on any atom is -0.462 e. The van der Waals surface area contributed by atoms with Crippen LogP contribution in [0.25, 0.3) is 0 Å². The number of thiol groups is 1. The number of unbranched alkanes of at least 4 members (excludes halogenated alkanes) is 2. The molecule has 0 unspecified atom stereocenters. The highest BCUT2D eigenvalue weighted by Crippen LogP contribution is 2.21. The second-order valence-electron chi connectivity index (χ2n) is 4.26. The van der Waals surface area contributed by atoms with E-state index in [1.807, 2.05) is 0 Å². The van der Waals surface area contributed by atoms with E-state index in [2.05, 4.69) is 0 Å².